The number of ketones is 1. The molecule has 0 radical (unpaired) electrons. The molecular formula is C12H24N2O. The third-order valence-electron chi connectivity index (χ3n) is 2.93. The summed E-state index contributed by atoms with van der Waals surface area (Å²) in [5.74, 6) is 0.404. The molecule has 1 heterocycles. The van der Waals surface area contributed by atoms with Crippen molar-refractivity contribution in [3.05, 3.63) is 0 Å². The maximum atomic E-state index is 11.5. The van der Waals surface area contributed by atoms with Crippen molar-refractivity contribution < 1.29 is 4.79 Å². The van der Waals surface area contributed by atoms with Crippen molar-refractivity contribution in [2.75, 3.05) is 39.3 Å². The van der Waals surface area contributed by atoms with Gasteiger partial charge >= 0.3 is 0 Å². The lowest BCUT2D eigenvalue weighted by atomic mass is 10.2. The van der Waals surface area contributed by atoms with E-state index in [-0.39, 0.29) is 0 Å². The van der Waals surface area contributed by atoms with Gasteiger partial charge in [-0.3, -0.25) is 9.69 Å². The van der Waals surface area contributed by atoms with Crippen LogP contribution in [-0.2, 0) is 4.79 Å². The number of rotatable bonds is 6. The number of Topliss-reactive ketones (excluding diaryl/α,β-unsaturated/α-hetero) is 1. The summed E-state index contributed by atoms with van der Waals surface area (Å²) in [7, 11) is 0. The van der Waals surface area contributed by atoms with E-state index in [1.165, 1.54) is 13.0 Å². The summed E-state index contributed by atoms with van der Waals surface area (Å²) in [5, 5.41) is 0. The van der Waals surface area contributed by atoms with E-state index in [1.807, 2.05) is 0 Å². The van der Waals surface area contributed by atoms with Crippen molar-refractivity contribution in [3.8, 4) is 0 Å². The lowest BCUT2D eigenvalue weighted by molar-refractivity contribution is -0.120. The Bertz CT molecular complexity index is 186. The van der Waals surface area contributed by atoms with Gasteiger partial charge in [0.2, 0.25) is 0 Å². The quantitative estimate of drug-likeness (QED) is 0.664. The van der Waals surface area contributed by atoms with Crippen LogP contribution in [-0.4, -0.2) is 54.9 Å². The zero-order chi connectivity index (χ0) is 11.1. The molecule has 1 fully saturated rings. The minimum atomic E-state index is 0.404. The van der Waals surface area contributed by atoms with Gasteiger partial charge in [0, 0.05) is 32.6 Å². The molecule has 0 N–H and O–H groups in total. The predicted octanol–water partition coefficient (Wildman–Crippen LogP) is 1.38. The van der Waals surface area contributed by atoms with Crippen LogP contribution in [0.25, 0.3) is 0 Å². The fraction of sp³-hybridized carbons (Fsp3) is 0.917. The summed E-state index contributed by atoms with van der Waals surface area (Å²) in [6, 6.07) is 0. The van der Waals surface area contributed by atoms with Gasteiger partial charge < -0.3 is 4.90 Å². The van der Waals surface area contributed by atoms with Crippen LogP contribution in [0.15, 0.2) is 0 Å². The molecule has 0 aliphatic carbocycles. The predicted molar refractivity (Wildman–Crippen MR) is 63.1 cm³/mol. The Hall–Kier alpha value is -0.410. The molecule has 3 heteroatoms. The third kappa shape index (κ3) is 4.76. The summed E-state index contributed by atoms with van der Waals surface area (Å²) in [6.07, 6.45) is 2.96. The summed E-state index contributed by atoms with van der Waals surface area (Å²) in [6.45, 7) is 10.6. The smallest absolute Gasteiger partial charge is 0.146 e. The lowest BCUT2D eigenvalue weighted by Gasteiger charge is -2.34. The third-order valence-corrected chi connectivity index (χ3v) is 2.93. The molecule has 0 unspecified atom stereocenters. The van der Waals surface area contributed by atoms with Crippen molar-refractivity contribution in [1.82, 2.24) is 9.80 Å². The summed E-state index contributed by atoms with van der Waals surface area (Å²) >= 11 is 0. The molecular weight excluding hydrogens is 188 g/mol. The van der Waals surface area contributed by atoms with E-state index in [0.29, 0.717) is 12.3 Å². The number of hydrogen-bond acceptors (Lipinski definition) is 3. The van der Waals surface area contributed by atoms with Crippen molar-refractivity contribution in [3.63, 3.8) is 0 Å². The average Bonchev–Trinajstić information content (AvgIpc) is 2.22. The van der Waals surface area contributed by atoms with Gasteiger partial charge in [0.05, 0.1) is 6.54 Å². The Morgan fingerprint density at radius 2 is 1.60 bits per heavy atom. The minimum absolute atomic E-state index is 0.404. The topological polar surface area (TPSA) is 23.6 Å². The van der Waals surface area contributed by atoms with Gasteiger partial charge in [-0.25, -0.2) is 0 Å². The molecule has 3 nitrogen and oxygen atoms in total. The van der Waals surface area contributed by atoms with Crippen molar-refractivity contribution >= 4 is 5.78 Å². The van der Waals surface area contributed by atoms with Crippen LogP contribution in [0.3, 0.4) is 0 Å². The molecule has 0 bridgehead atoms. The van der Waals surface area contributed by atoms with Crippen LogP contribution >= 0.6 is 0 Å². The summed E-state index contributed by atoms with van der Waals surface area (Å²) in [5.41, 5.74) is 0. The molecule has 0 saturated carbocycles. The first-order valence-electron chi connectivity index (χ1n) is 6.22. The van der Waals surface area contributed by atoms with Crippen molar-refractivity contribution in [1.29, 1.82) is 0 Å². The van der Waals surface area contributed by atoms with E-state index in [4.69, 9.17) is 0 Å². The van der Waals surface area contributed by atoms with Crippen LogP contribution in [0.5, 0.6) is 0 Å². The first kappa shape index (κ1) is 12.7. The number of carbonyl (C=O) groups excluding carboxylic acids is 1. The van der Waals surface area contributed by atoms with Crippen molar-refractivity contribution in [2.24, 2.45) is 0 Å². The molecule has 0 spiro atoms. The standard InChI is InChI=1S/C12H24N2O/c1-3-5-12(15)11-14-9-7-13(6-4-2)8-10-14/h3-11H2,1-2H3. The summed E-state index contributed by atoms with van der Waals surface area (Å²) in [4.78, 5) is 16.2. The summed E-state index contributed by atoms with van der Waals surface area (Å²) < 4.78 is 0. The van der Waals surface area contributed by atoms with Gasteiger partial charge in [-0.05, 0) is 19.4 Å². The second-order valence-corrected chi connectivity index (χ2v) is 4.41. The van der Waals surface area contributed by atoms with Crippen LogP contribution in [0.2, 0.25) is 0 Å². The van der Waals surface area contributed by atoms with Gasteiger partial charge in [-0.15, -0.1) is 0 Å². The van der Waals surface area contributed by atoms with Crippen LogP contribution in [0, 0.1) is 0 Å². The van der Waals surface area contributed by atoms with Crippen LogP contribution in [0.1, 0.15) is 33.1 Å². The van der Waals surface area contributed by atoms with Gasteiger partial charge in [0.15, 0.2) is 0 Å². The molecule has 15 heavy (non-hydrogen) atoms. The zero-order valence-corrected chi connectivity index (χ0v) is 10.2. The highest BCUT2D eigenvalue weighted by molar-refractivity contribution is 5.80. The molecule has 1 saturated heterocycles. The molecule has 1 aliphatic rings. The Kier molecular flexibility index (Phi) is 5.88. The highest BCUT2D eigenvalue weighted by Crippen LogP contribution is 2.03. The second-order valence-electron chi connectivity index (χ2n) is 4.41. The molecule has 1 rings (SSSR count). The van der Waals surface area contributed by atoms with Gasteiger partial charge in [-0.1, -0.05) is 13.8 Å². The van der Waals surface area contributed by atoms with E-state index in [1.54, 1.807) is 0 Å². The first-order chi connectivity index (χ1) is 7.26. The molecule has 88 valence electrons. The van der Waals surface area contributed by atoms with E-state index >= 15 is 0 Å². The maximum absolute atomic E-state index is 11.5. The maximum Gasteiger partial charge on any atom is 0.146 e. The van der Waals surface area contributed by atoms with Gasteiger partial charge in [-0.2, -0.15) is 0 Å². The normalized spacial score (nSPS) is 19.3. The highest BCUT2D eigenvalue weighted by atomic mass is 16.1. The molecule has 0 amide bonds. The number of carbonyl (C=O) groups is 1. The minimum Gasteiger partial charge on any atom is -0.301 e. The van der Waals surface area contributed by atoms with E-state index < -0.39 is 0 Å². The van der Waals surface area contributed by atoms with Gasteiger partial charge in [0.1, 0.15) is 5.78 Å². The average molecular weight is 212 g/mol. The lowest BCUT2D eigenvalue weighted by Crippen LogP contribution is -2.47. The van der Waals surface area contributed by atoms with Crippen molar-refractivity contribution in [2.45, 2.75) is 33.1 Å². The Labute approximate surface area is 93.4 Å². The van der Waals surface area contributed by atoms with E-state index in [9.17, 15) is 4.79 Å². The molecule has 0 aromatic rings. The Morgan fingerprint density at radius 3 is 2.13 bits per heavy atom. The second kappa shape index (κ2) is 6.96. The largest absolute Gasteiger partial charge is 0.301 e. The number of piperazine rings is 1. The monoisotopic (exact) mass is 212 g/mol. The Balaban J connectivity index is 2.16. The van der Waals surface area contributed by atoms with E-state index in [2.05, 4.69) is 23.6 Å². The zero-order valence-electron chi connectivity index (χ0n) is 10.2. The number of nitrogens with zero attached hydrogens (tertiary/aromatic N) is 2. The fourth-order valence-electron chi connectivity index (χ4n) is 2.09. The molecule has 0 aromatic carbocycles. The van der Waals surface area contributed by atoms with Crippen LogP contribution in [0.4, 0.5) is 0 Å². The van der Waals surface area contributed by atoms with Gasteiger partial charge in [0.25, 0.3) is 0 Å². The van der Waals surface area contributed by atoms with Crippen LogP contribution < -0.4 is 0 Å². The molecule has 0 atom stereocenters. The molecule has 1 aliphatic heterocycles. The fourth-order valence-corrected chi connectivity index (χ4v) is 2.09. The van der Waals surface area contributed by atoms with E-state index in [0.717, 1.165) is 39.0 Å². The Morgan fingerprint density at radius 1 is 1.00 bits per heavy atom. The SMILES string of the molecule is CCCC(=O)CN1CCN(CCC)CC1. The first-order valence-corrected chi connectivity index (χ1v) is 6.22. The highest BCUT2D eigenvalue weighted by Gasteiger charge is 2.17. The molecule has 0 aromatic heterocycles. The number of hydrogen-bond donors (Lipinski definition) is 0.